The van der Waals surface area contributed by atoms with Gasteiger partial charge in [-0.3, -0.25) is 24.7 Å². The number of carbonyl (C=O) groups excluding carboxylic acids is 2. The molecule has 10 heteroatoms. The molecule has 1 aliphatic rings. The van der Waals surface area contributed by atoms with Gasteiger partial charge in [-0.25, -0.2) is 0 Å². The number of carbonyl (C=O) groups is 2. The molecule has 190 valence electrons. The molecule has 1 aromatic heterocycles. The van der Waals surface area contributed by atoms with E-state index in [2.05, 4.69) is 20.9 Å². The second kappa shape index (κ2) is 10.4. The van der Waals surface area contributed by atoms with Gasteiger partial charge in [-0.05, 0) is 64.7 Å². The molecule has 0 saturated heterocycles. The minimum Gasteiger partial charge on any atom is -0.490 e. The van der Waals surface area contributed by atoms with Gasteiger partial charge >= 0.3 is 5.69 Å². The van der Waals surface area contributed by atoms with Gasteiger partial charge in [0.25, 0.3) is 5.91 Å². The molecular weight excluding hydrogens is 486 g/mol. The van der Waals surface area contributed by atoms with Crippen LogP contribution in [0, 0.1) is 10.1 Å². The lowest BCUT2D eigenvalue weighted by molar-refractivity contribution is -0.385. The Morgan fingerprint density at radius 3 is 2.55 bits per heavy atom. The molecule has 38 heavy (non-hydrogen) atoms. The number of fused-ring (bicyclic) bond motifs is 2. The highest BCUT2D eigenvalue weighted by atomic mass is 16.6. The smallest absolute Gasteiger partial charge is 0.310 e. The zero-order valence-corrected chi connectivity index (χ0v) is 20.4. The molecule has 0 fully saturated rings. The molecule has 0 spiro atoms. The summed E-state index contributed by atoms with van der Waals surface area (Å²) in [6.07, 6.45) is 3.53. The maximum atomic E-state index is 13.0. The van der Waals surface area contributed by atoms with E-state index in [0.717, 1.165) is 16.7 Å². The highest BCUT2D eigenvalue weighted by Crippen LogP contribution is 2.37. The SMILES string of the molecule is COc1cc(-c2ccc3c(c2)Nc2ccc(CC(=O)NCc4cccnc4)cc2NC3=O)ccc1[N+](=O)[O-]. The minimum atomic E-state index is -0.499. The number of ether oxygens (including phenoxy) is 1. The van der Waals surface area contributed by atoms with Gasteiger partial charge in [0.1, 0.15) is 0 Å². The molecule has 10 nitrogen and oxygen atoms in total. The molecule has 2 amide bonds. The van der Waals surface area contributed by atoms with Crippen LogP contribution in [-0.4, -0.2) is 28.8 Å². The van der Waals surface area contributed by atoms with Crippen LogP contribution in [0.5, 0.6) is 5.75 Å². The molecule has 0 atom stereocenters. The number of hydrogen-bond acceptors (Lipinski definition) is 7. The van der Waals surface area contributed by atoms with E-state index in [1.807, 2.05) is 30.3 Å². The molecule has 1 aliphatic heterocycles. The minimum absolute atomic E-state index is 0.126. The van der Waals surface area contributed by atoms with Gasteiger partial charge in [0, 0.05) is 25.0 Å². The lowest BCUT2D eigenvalue weighted by Gasteiger charge is -2.12. The van der Waals surface area contributed by atoms with Crippen molar-refractivity contribution in [2.24, 2.45) is 0 Å². The Kier molecular flexibility index (Phi) is 6.68. The van der Waals surface area contributed by atoms with Crippen LogP contribution in [-0.2, 0) is 17.8 Å². The van der Waals surface area contributed by atoms with Crippen LogP contribution in [0.25, 0.3) is 11.1 Å². The van der Waals surface area contributed by atoms with E-state index in [9.17, 15) is 19.7 Å². The first-order valence-electron chi connectivity index (χ1n) is 11.7. The first kappa shape index (κ1) is 24.4. The van der Waals surface area contributed by atoms with E-state index in [4.69, 9.17) is 4.74 Å². The summed E-state index contributed by atoms with van der Waals surface area (Å²) >= 11 is 0. The van der Waals surface area contributed by atoms with Crippen LogP contribution in [0.3, 0.4) is 0 Å². The van der Waals surface area contributed by atoms with Crippen molar-refractivity contribution in [2.75, 3.05) is 17.7 Å². The van der Waals surface area contributed by atoms with Gasteiger partial charge in [-0.1, -0.05) is 18.2 Å². The molecular formula is C28H23N5O5. The van der Waals surface area contributed by atoms with Crippen molar-refractivity contribution in [3.63, 3.8) is 0 Å². The van der Waals surface area contributed by atoms with Crippen molar-refractivity contribution in [1.29, 1.82) is 0 Å². The molecule has 4 aromatic rings. The second-order valence-electron chi connectivity index (χ2n) is 8.68. The Labute approximate surface area is 217 Å². The predicted molar refractivity (Wildman–Crippen MR) is 143 cm³/mol. The lowest BCUT2D eigenvalue weighted by Crippen LogP contribution is -2.24. The van der Waals surface area contributed by atoms with Gasteiger partial charge in [-0.2, -0.15) is 0 Å². The number of anilines is 3. The molecule has 0 radical (unpaired) electrons. The Balaban J connectivity index is 1.35. The van der Waals surface area contributed by atoms with Crippen LogP contribution in [0.2, 0.25) is 0 Å². The zero-order chi connectivity index (χ0) is 26.6. The molecule has 0 unspecified atom stereocenters. The monoisotopic (exact) mass is 509 g/mol. The number of methoxy groups -OCH3 is 1. The van der Waals surface area contributed by atoms with Crippen molar-refractivity contribution in [2.45, 2.75) is 13.0 Å². The first-order chi connectivity index (χ1) is 18.4. The number of benzene rings is 3. The number of nitro groups is 1. The van der Waals surface area contributed by atoms with Gasteiger partial charge in [0.05, 0.1) is 41.1 Å². The highest BCUT2D eigenvalue weighted by molar-refractivity contribution is 6.12. The number of nitrogens with zero attached hydrogens (tertiary/aromatic N) is 2. The summed E-state index contributed by atoms with van der Waals surface area (Å²) in [5, 5.41) is 20.3. The first-order valence-corrected chi connectivity index (χ1v) is 11.7. The molecule has 3 N–H and O–H groups in total. The van der Waals surface area contributed by atoms with Crippen LogP contribution in [0.15, 0.2) is 79.1 Å². The summed E-state index contributed by atoms with van der Waals surface area (Å²) in [5.41, 5.74) is 5.24. The maximum absolute atomic E-state index is 13.0. The molecule has 0 bridgehead atoms. The standard InChI is InChI=1S/C28H23N5O5/c1-38-26-14-20(6-9-25(26)33(36)37)19-5-7-21-23(13-19)31-22-8-4-17(11-24(22)32-28(21)35)12-27(34)30-16-18-3-2-10-29-15-18/h2-11,13-15,31H,12,16H2,1H3,(H,30,34)(H,32,35). The fraction of sp³-hybridized carbons (Fsp3) is 0.107. The molecule has 0 aliphatic carbocycles. The second-order valence-corrected chi connectivity index (χ2v) is 8.68. The van der Waals surface area contributed by atoms with Crippen molar-refractivity contribution in [3.8, 4) is 16.9 Å². The third-order valence-electron chi connectivity index (χ3n) is 6.15. The van der Waals surface area contributed by atoms with Gasteiger partial charge in [-0.15, -0.1) is 0 Å². The summed E-state index contributed by atoms with van der Waals surface area (Å²) < 4.78 is 5.19. The lowest BCUT2D eigenvalue weighted by atomic mass is 10.0. The largest absolute Gasteiger partial charge is 0.490 e. The fourth-order valence-corrected chi connectivity index (χ4v) is 4.23. The van der Waals surface area contributed by atoms with E-state index in [-0.39, 0.29) is 29.7 Å². The number of rotatable bonds is 7. The van der Waals surface area contributed by atoms with Gasteiger partial charge < -0.3 is 20.7 Å². The Bertz CT molecular complexity index is 1560. The van der Waals surface area contributed by atoms with E-state index < -0.39 is 4.92 Å². The van der Waals surface area contributed by atoms with E-state index in [1.165, 1.54) is 13.2 Å². The summed E-state index contributed by atoms with van der Waals surface area (Å²) in [4.78, 5) is 40.2. The van der Waals surface area contributed by atoms with Crippen LogP contribution in [0.4, 0.5) is 22.7 Å². The van der Waals surface area contributed by atoms with Crippen LogP contribution >= 0.6 is 0 Å². The fourth-order valence-electron chi connectivity index (χ4n) is 4.23. The van der Waals surface area contributed by atoms with E-state index >= 15 is 0 Å². The normalized spacial score (nSPS) is 11.8. The third kappa shape index (κ3) is 5.14. The summed E-state index contributed by atoms with van der Waals surface area (Å²) in [6, 6.07) is 19.0. The summed E-state index contributed by atoms with van der Waals surface area (Å²) in [7, 11) is 1.38. The molecule has 0 saturated carbocycles. The quantitative estimate of drug-likeness (QED) is 0.240. The topological polar surface area (TPSA) is 135 Å². The predicted octanol–water partition coefficient (Wildman–Crippen LogP) is 4.83. The third-order valence-corrected chi connectivity index (χ3v) is 6.15. The van der Waals surface area contributed by atoms with E-state index in [1.54, 1.807) is 42.7 Å². The van der Waals surface area contributed by atoms with Crippen molar-refractivity contribution in [1.82, 2.24) is 10.3 Å². The molecule has 3 aromatic carbocycles. The number of amides is 2. The average Bonchev–Trinajstić information content (AvgIpc) is 3.06. The Morgan fingerprint density at radius 1 is 0.974 bits per heavy atom. The number of nitro benzene ring substituents is 1. The van der Waals surface area contributed by atoms with Crippen molar-refractivity contribution < 1.29 is 19.2 Å². The summed E-state index contributed by atoms with van der Waals surface area (Å²) in [6.45, 7) is 0.383. The van der Waals surface area contributed by atoms with Gasteiger partial charge in [0.2, 0.25) is 5.91 Å². The number of hydrogen-bond donors (Lipinski definition) is 3. The van der Waals surface area contributed by atoms with E-state index in [0.29, 0.717) is 34.7 Å². The Morgan fingerprint density at radius 2 is 1.79 bits per heavy atom. The summed E-state index contributed by atoms with van der Waals surface area (Å²) in [5.74, 6) is -0.291. The van der Waals surface area contributed by atoms with Crippen molar-refractivity contribution >= 4 is 34.6 Å². The average molecular weight is 510 g/mol. The number of aromatic nitrogens is 1. The number of nitrogens with one attached hydrogen (secondary N) is 3. The highest BCUT2D eigenvalue weighted by Gasteiger charge is 2.21. The maximum Gasteiger partial charge on any atom is 0.310 e. The zero-order valence-electron chi connectivity index (χ0n) is 20.4. The van der Waals surface area contributed by atoms with Crippen molar-refractivity contribution in [3.05, 3.63) is 106 Å². The van der Waals surface area contributed by atoms with Gasteiger partial charge in [0.15, 0.2) is 5.75 Å². The Hall–Kier alpha value is -5.25. The van der Waals surface area contributed by atoms with Crippen LogP contribution in [0.1, 0.15) is 21.5 Å². The molecule has 5 rings (SSSR count). The molecule has 2 heterocycles. The number of pyridine rings is 1. The van der Waals surface area contributed by atoms with Crippen LogP contribution < -0.4 is 20.7 Å².